The molecule has 2 bridgehead atoms. The SMILES string of the molecule is CC(=O)O[C@@H]1[C@@H](OC(=O)c2ccccc2)C[C@H](C)[C@]23OC(C)(C)[C@H](C[C@@H](OC(=O)c4ccccc4)[C@]12COC(=O)c1ccccc1)[C@@H]3OC(C)=O. The van der Waals surface area contributed by atoms with Crippen LogP contribution in [0.25, 0.3) is 0 Å². The van der Waals surface area contributed by atoms with Gasteiger partial charge in [-0.25, -0.2) is 14.4 Å². The van der Waals surface area contributed by atoms with Gasteiger partial charge in [-0.15, -0.1) is 0 Å². The highest BCUT2D eigenvalue weighted by molar-refractivity contribution is 5.90. The zero-order valence-electron chi connectivity index (χ0n) is 29.2. The van der Waals surface area contributed by atoms with Crippen LogP contribution in [0.2, 0.25) is 0 Å². The van der Waals surface area contributed by atoms with Gasteiger partial charge in [0, 0.05) is 19.8 Å². The van der Waals surface area contributed by atoms with Crippen LogP contribution in [0.1, 0.15) is 78.5 Å². The number of fused-ring (bicyclic) bond motifs is 1. The zero-order valence-corrected chi connectivity index (χ0v) is 29.2. The molecular formula is C40H42O11. The number of rotatable bonds is 9. The minimum atomic E-state index is -1.77. The highest BCUT2D eigenvalue weighted by atomic mass is 16.6. The van der Waals surface area contributed by atoms with Gasteiger partial charge >= 0.3 is 29.8 Å². The average molecular weight is 699 g/mol. The van der Waals surface area contributed by atoms with E-state index in [1.807, 2.05) is 20.8 Å². The first kappa shape index (κ1) is 35.8. The molecule has 3 fully saturated rings. The van der Waals surface area contributed by atoms with Crippen LogP contribution in [-0.2, 0) is 38.0 Å². The van der Waals surface area contributed by atoms with Gasteiger partial charge in [0.25, 0.3) is 0 Å². The number of esters is 5. The van der Waals surface area contributed by atoms with Crippen LogP contribution in [0.5, 0.6) is 0 Å². The van der Waals surface area contributed by atoms with E-state index in [0.717, 1.165) is 0 Å². The Balaban J connectivity index is 1.57. The molecule has 1 aliphatic heterocycles. The Kier molecular flexibility index (Phi) is 9.78. The van der Waals surface area contributed by atoms with Gasteiger partial charge in [0.2, 0.25) is 0 Å². The van der Waals surface area contributed by atoms with Gasteiger partial charge < -0.3 is 28.4 Å². The van der Waals surface area contributed by atoms with E-state index < -0.39 is 89.3 Å². The normalized spacial score (nSPS) is 30.2. The number of carbonyl (C=O) groups excluding carboxylic acids is 5. The molecular weight excluding hydrogens is 656 g/mol. The largest absolute Gasteiger partial charge is 0.461 e. The summed E-state index contributed by atoms with van der Waals surface area (Å²) in [5.74, 6) is -4.45. The first-order valence-corrected chi connectivity index (χ1v) is 17.1. The maximum atomic E-state index is 13.9. The van der Waals surface area contributed by atoms with Crippen molar-refractivity contribution in [2.45, 2.75) is 83.1 Å². The van der Waals surface area contributed by atoms with Crippen molar-refractivity contribution >= 4 is 29.8 Å². The fraction of sp³-hybridized carbons (Fsp3) is 0.425. The third-order valence-electron chi connectivity index (χ3n) is 10.6. The number of hydrogen-bond donors (Lipinski definition) is 0. The maximum absolute atomic E-state index is 13.9. The van der Waals surface area contributed by atoms with Crippen molar-refractivity contribution in [1.82, 2.24) is 0 Å². The van der Waals surface area contributed by atoms with Crippen molar-refractivity contribution in [2.24, 2.45) is 17.3 Å². The Morgan fingerprint density at radius 1 is 0.647 bits per heavy atom. The molecule has 0 radical (unpaired) electrons. The van der Waals surface area contributed by atoms with Gasteiger partial charge in [-0.3, -0.25) is 9.59 Å². The smallest absolute Gasteiger partial charge is 0.338 e. The van der Waals surface area contributed by atoms with Crippen LogP contribution in [0.4, 0.5) is 0 Å². The van der Waals surface area contributed by atoms with E-state index in [1.165, 1.54) is 13.8 Å². The van der Waals surface area contributed by atoms with Gasteiger partial charge in [0.1, 0.15) is 35.9 Å². The summed E-state index contributed by atoms with van der Waals surface area (Å²) in [5.41, 5.74) is -3.53. The minimum absolute atomic E-state index is 0.0675. The van der Waals surface area contributed by atoms with Crippen molar-refractivity contribution in [1.29, 1.82) is 0 Å². The summed E-state index contributed by atoms with van der Waals surface area (Å²) in [7, 11) is 0. The van der Waals surface area contributed by atoms with Crippen LogP contribution in [-0.4, -0.2) is 72.1 Å². The molecule has 11 heteroatoms. The van der Waals surface area contributed by atoms with Gasteiger partial charge in [0.15, 0.2) is 6.10 Å². The lowest BCUT2D eigenvalue weighted by atomic mass is 9.47. The first-order chi connectivity index (χ1) is 24.3. The molecule has 0 N–H and O–H groups in total. The molecule has 2 aliphatic carbocycles. The summed E-state index contributed by atoms with van der Waals surface area (Å²) in [6.07, 6.45) is -4.47. The lowest BCUT2D eigenvalue weighted by Crippen LogP contribution is -2.78. The van der Waals surface area contributed by atoms with Gasteiger partial charge in [0.05, 0.1) is 22.3 Å². The number of ether oxygens (including phenoxy) is 6. The molecule has 1 heterocycles. The molecule has 8 atom stereocenters. The topological polar surface area (TPSA) is 141 Å². The van der Waals surface area contributed by atoms with Crippen LogP contribution in [0.3, 0.4) is 0 Å². The summed E-state index contributed by atoms with van der Waals surface area (Å²) in [5, 5.41) is 0. The Morgan fingerprint density at radius 3 is 1.63 bits per heavy atom. The average Bonchev–Trinajstić information content (AvgIpc) is 3.27. The minimum Gasteiger partial charge on any atom is -0.461 e. The lowest BCUT2D eigenvalue weighted by Gasteiger charge is -2.63. The fourth-order valence-corrected chi connectivity index (χ4v) is 8.57. The maximum Gasteiger partial charge on any atom is 0.338 e. The van der Waals surface area contributed by atoms with E-state index in [-0.39, 0.29) is 29.5 Å². The summed E-state index contributed by atoms with van der Waals surface area (Å²) < 4.78 is 38.1. The van der Waals surface area contributed by atoms with Crippen LogP contribution >= 0.6 is 0 Å². The second-order valence-corrected chi connectivity index (χ2v) is 14.1. The van der Waals surface area contributed by atoms with E-state index >= 15 is 0 Å². The quantitative estimate of drug-likeness (QED) is 0.199. The van der Waals surface area contributed by atoms with Crippen molar-refractivity contribution < 1.29 is 52.4 Å². The van der Waals surface area contributed by atoms with Crippen LogP contribution in [0, 0.1) is 17.3 Å². The molecule has 0 aromatic heterocycles. The van der Waals surface area contributed by atoms with E-state index in [9.17, 15) is 24.0 Å². The standard InChI is InChI=1S/C40H42O11/c1-24-21-31(49-36(44)28-17-11-7-12-18-28)34(48-26(3)42)39(23-46-35(43)27-15-9-6-10-16-27)32(50-37(45)29-19-13-8-14-20-29)22-30-33(47-25(2)41)40(24,39)51-38(30,4)5/h6-20,24,30-34H,21-23H2,1-5H3/t24-,30+,31-,32+,33-,34+,39+,40+/m0/s1. The molecule has 3 aromatic carbocycles. The van der Waals surface area contributed by atoms with Crippen molar-refractivity contribution in [3.05, 3.63) is 108 Å². The summed E-state index contributed by atoms with van der Waals surface area (Å²) in [6.45, 7) is 7.57. The third-order valence-corrected chi connectivity index (χ3v) is 10.6. The summed E-state index contributed by atoms with van der Waals surface area (Å²) in [4.78, 5) is 67.2. The second-order valence-electron chi connectivity index (χ2n) is 14.1. The molecule has 11 nitrogen and oxygen atoms in total. The molecule has 3 aliphatic rings. The molecule has 1 spiro atoms. The fourth-order valence-electron chi connectivity index (χ4n) is 8.57. The van der Waals surface area contributed by atoms with Crippen molar-refractivity contribution in [3.8, 4) is 0 Å². The predicted molar refractivity (Wildman–Crippen MR) is 181 cm³/mol. The van der Waals surface area contributed by atoms with Gasteiger partial charge in [-0.05, 0) is 69.0 Å². The van der Waals surface area contributed by atoms with Gasteiger partial charge in [-0.1, -0.05) is 61.5 Å². The van der Waals surface area contributed by atoms with E-state index in [1.54, 1.807) is 91.0 Å². The predicted octanol–water partition coefficient (Wildman–Crippen LogP) is 5.75. The van der Waals surface area contributed by atoms with Crippen LogP contribution in [0.15, 0.2) is 91.0 Å². The monoisotopic (exact) mass is 698 g/mol. The molecule has 0 amide bonds. The molecule has 3 aromatic rings. The van der Waals surface area contributed by atoms with E-state index in [2.05, 4.69) is 0 Å². The number of carbonyl (C=O) groups is 5. The van der Waals surface area contributed by atoms with E-state index in [0.29, 0.717) is 0 Å². The van der Waals surface area contributed by atoms with Gasteiger partial charge in [-0.2, -0.15) is 0 Å². The molecule has 51 heavy (non-hydrogen) atoms. The Bertz CT molecular complexity index is 1780. The van der Waals surface area contributed by atoms with E-state index in [4.69, 9.17) is 28.4 Å². The Hall–Kier alpha value is -5.03. The highest BCUT2D eigenvalue weighted by Gasteiger charge is 2.82. The molecule has 0 unspecified atom stereocenters. The molecule has 6 rings (SSSR count). The summed E-state index contributed by atoms with van der Waals surface area (Å²) >= 11 is 0. The molecule has 2 saturated carbocycles. The lowest BCUT2D eigenvalue weighted by molar-refractivity contribution is -0.316. The molecule has 1 saturated heterocycles. The molecule has 268 valence electrons. The van der Waals surface area contributed by atoms with Crippen LogP contribution < -0.4 is 0 Å². The zero-order chi connectivity index (χ0) is 36.6. The number of hydrogen-bond acceptors (Lipinski definition) is 11. The second kappa shape index (κ2) is 13.9. The summed E-state index contributed by atoms with van der Waals surface area (Å²) in [6, 6.07) is 25.1. The van der Waals surface area contributed by atoms with Crippen molar-refractivity contribution in [3.63, 3.8) is 0 Å². The Labute approximate surface area is 296 Å². The highest BCUT2D eigenvalue weighted by Crippen LogP contribution is 2.68. The first-order valence-electron chi connectivity index (χ1n) is 17.1. The number of benzene rings is 3. The third kappa shape index (κ3) is 6.39. The van der Waals surface area contributed by atoms with Crippen molar-refractivity contribution in [2.75, 3.05) is 6.61 Å². The Morgan fingerprint density at radius 2 is 1.12 bits per heavy atom.